The van der Waals surface area contributed by atoms with E-state index in [0.29, 0.717) is 17.4 Å². The van der Waals surface area contributed by atoms with Crippen molar-refractivity contribution in [3.63, 3.8) is 0 Å². The molecule has 0 radical (unpaired) electrons. The lowest BCUT2D eigenvalue weighted by Gasteiger charge is -2.32. The fourth-order valence-corrected chi connectivity index (χ4v) is 2.58. The molecule has 1 aromatic rings. The van der Waals surface area contributed by atoms with Crippen molar-refractivity contribution >= 4 is 11.7 Å². The highest BCUT2D eigenvalue weighted by molar-refractivity contribution is 5.92. The smallest absolute Gasteiger partial charge is 0.274 e. The van der Waals surface area contributed by atoms with Crippen LogP contribution in [0.15, 0.2) is 12.1 Å². The van der Waals surface area contributed by atoms with Gasteiger partial charge in [0.05, 0.1) is 0 Å². The van der Waals surface area contributed by atoms with Crippen LogP contribution in [0, 0.1) is 5.92 Å². The third-order valence-corrected chi connectivity index (χ3v) is 3.66. The van der Waals surface area contributed by atoms with Crippen molar-refractivity contribution in [3.05, 3.63) is 17.8 Å². The van der Waals surface area contributed by atoms with Crippen molar-refractivity contribution in [1.29, 1.82) is 0 Å². The van der Waals surface area contributed by atoms with E-state index < -0.39 is 0 Å². The van der Waals surface area contributed by atoms with Crippen LogP contribution in [0.5, 0.6) is 0 Å². The molecule has 0 unspecified atom stereocenters. The Bertz CT molecular complexity index is 437. The largest absolute Gasteiger partial charge is 0.372 e. The molecule has 0 spiro atoms. The number of nitrogens with zero attached hydrogens (tertiary/aromatic N) is 4. The second kappa shape index (κ2) is 6.65. The highest BCUT2D eigenvalue weighted by Crippen LogP contribution is 2.19. The average Bonchev–Trinajstić information content (AvgIpc) is 2.47. The Kier molecular flexibility index (Phi) is 4.89. The third-order valence-electron chi connectivity index (χ3n) is 3.66. The van der Waals surface area contributed by atoms with Gasteiger partial charge in [-0.1, -0.05) is 0 Å². The van der Waals surface area contributed by atoms with Crippen LogP contribution in [0.25, 0.3) is 0 Å². The Hall–Kier alpha value is -1.69. The number of piperidine rings is 1. The number of anilines is 1. The first-order chi connectivity index (χ1) is 9.60. The Labute approximate surface area is 120 Å². The summed E-state index contributed by atoms with van der Waals surface area (Å²) in [5, 5.41) is 10.8. The monoisotopic (exact) mass is 277 g/mol. The van der Waals surface area contributed by atoms with Gasteiger partial charge in [-0.25, -0.2) is 0 Å². The van der Waals surface area contributed by atoms with Gasteiger partial charge in [0.1, 0.15) is 5.82 Å². The first-order valence-electron chi connectivity index (χ1n) is 7.05. The predicted molar refractivity (Wildman–Crippen MR) is 78.8 cm³/mol. The van der Waals surface area contributed by atoms with Gasteiger partial charge in [-0.2, -0.15) is 0 Å². The lowest BCUT2D eigenvalue weighted by atomic mass is 9.96. The topological polar surface area (TPSA) is 61.4 Å². The molecule has 6 heteroatoms. The van der Waals surface area contributed by atoms with E-state index >= 15 is 0 Å². The number of hydrogen-bond donors (Lipinski definition) is 1. The normalized spacial score (nSPS) is 16.5. The Morgan fingerprint density at radius 3 is 2.55 bits per heavy atom. The van der Waals surface area contributed by atoms with Gasteiger partial charge >= 0.3 is 0 Å². The molecule has 0 saturated carbocycles. The quantitative estimate of drug-likeness (QED) is 0.887. The van der Waals surface area contributed by atoms with E-state index in [1.54, 1.807) is 19.2 Å². The van der Waals surface area contributed by atoms with Crippen LogP contribution in [-0.4, -0.2) is 66.7 Å². The van der Waals surface area contributed by atoms with Crippen LogP contribution >= 0.6 is 0 Å². The van der Waals surface area contributed by atoms with Gasteiger partial charge in [-0.05, 0) is 45.0 Å². The molecule has 2 rings (SSSR count). The zero-order valence-electron chi connectivity index (χ0n) is 12.5. The minimum atomic E-state index is -0.0107. The molecule has 1 aliphatic rings. The maximum absolute atomic E-state index is 12.3. The third kappa shape index (κ3) is 3.66. The van der Waals surface area contributed by atoms with Crippen LogP contribution in [0.2, 0.25) is 0 Å². The fraction of sp³-hybridized carbons (Fsp3) is 0.643. The Morgan fingerprint density at radius 1 is 1.35 bits per heavy atom. The van der Waals surface area contributed by atoms with E-state index in [1.807, 2.05) is 4.90 Å². The van der Waals surface area contributed by atoms with Gasteiger partial charge in [0.2, 0.25) is 0 Å². The van der Waals surface area contributed by atoms with Crippen molar-refractivity contribution in [1.82, 2.24) is 20.0 Å². The lowest BCUT2D eigenvalue weighted by molar-refractivity contribution is 0.0671. The van der Waals surface area contributed by atoms with Gasteiger partial charge in [0, 0.05) is 26.7 Å². The molecule has 1 fully saturated rings. The predicted octanol–water partition coefficient (Wildman–Crippen LogP) is 0.932. The van der Waals surface area contributed by atoms with Gasteiger partial charge in [-0.15, -0.1) is 10.2 Å². The van der Waals surface area contributed by atoms with Crippen LogP contribution in [0.1, 0.15) is 23.3 Å². The van der Waals surface area contributed by atoms with Gasteiger partial charge in [-0.3, -0.25) is 4.79 Å². The van der Waals surface area contributed by atoms with E-state index in [1.165, 1.54) is 0 Å². The summed E-state index contributed by atoms with van der Waals surface area (Å²) < 4.78 is 0. The number of aromatic nitrogens is 2. The molecule has 1 aromatic heterocycles. The van der Waals surface area contributed by atoms with Gasteiger partial charge < -0.3 is 15.1 Å². The van der Waals surface area contributed by atoms with E-state index in [0.717, 1.165) is 32.5 Å². The second-order valence-electron chi connectivity index (χ2n) is 5.55. The number of hydrogen-bond acceptors (Lipinski definition) is 5. The van der Waals surface area contributed by atoms with E-state index in [9.17, 15) is 4.79 Å². The molecular weight excluding hydrogens is 254 g/mol. The molecule has 1 N–H and O–H groups in total. The molecule has 110 valence electrons. The average molecular weight is 277 g/mol. The van der Waals surface area contributed by atoms with Crippen molar-refractivity contribution in [2.24, 2.45) is 5.92 Å². The fourth-order valence-electron chi connectivity index (χ4n) is 2.58. The summed E-state index contributed by atoms with van der Waals surface area (Å²) in [4.78, 5) is 16.4. The summed E-state index contributed by atoms with van der Waals surface area (Å²) in [6.45, 7) is 2.72. The van der Waals surface area contributed by atoms with E-state index in [-0.39, 0.29) is 5.91 Å². The SMILES string of the molecule is CNc1ccc(C(=O)N2CCC(CN(C)C)CC2)nn1. The van der Waals surface area contributed by atoms with Crippen LogP contribution in [0.3, 0.4) is 0 Å². The van der Waals surface area contributed by atoms with E-state index in [2.05, 4.69) is 34.5 Å². The number of carbonyl (C=O) groups is 1. The molecule has 1 amide bonds. The van der Waals surface area contributed by atoms with Crippen LogP contribution < -0.4 is 5.32 Å². The lowest BCUT2D eigenvalue weighted by Crippen LogP contribution is -2.41. The summed E-state index contributed by atoms with van der Waals surface area (Å²) in [5.41, 5.74) is 0.426. The molecule has 1 aliphatic heterocycles. The summed E-state index contributed by atoms with van der Waals surface area (Å²) in [6.07, 6.45) is 2.12. The van der Waals surface area contributed by atoms with E-state index in [4.69, 9.17) is 0 Å². The molecule has 0 bridgehead atoms. The molecule has 20 heavy (non-hydrogen) atoms. The number of rotatable bonds is 4. The highest BCUT2D eigenvalue weighted by Gasteiger charge is 2.24. The summed E-state index contributed by atoms with van der Waals surface area (Å²) in [6, 6.07) is 3.51. The summed E-state index contributed by atoms with van der Waals surface area (Å²) in [5.74, 6) is 1.35. The second-order valence-corrected chi connectivity index (χ2v) is 5.55. The Morgan fingerprint density at radius 2 is 2.05 bits per heavy atom. The minimum absolute atomic E-state index is 0.0107. The molecular formula is C14H23N5O. The summed E-state index contributed by atoms with van der Waals surface area (Å²) >= 11 is 0. The van der Waals surface area contributed by atoms with Crippen molar-refractivity contribution in [2.45, 2.75) is 12.8 Å². The molecule has 1 saturated heterocycles. The first-order valence-corrected chi connectivity index (χ1v) is 7.05. The highest BCUT2D eigenvalue weighted by atomic mass is 16.2. The molecule has 0 atom stereocenters. The zero-order valence-corrected chi connectivity index (χ0v) is 12.5. The maximum Gasteiger partial charge on any atom is 0.274 e. The number of amides is 1. The van der Waals surface area contributed by atoms with Crippen LogP contribution in [0.4, 0.5) is 5.82 Å². The van der Waals surface area contributed by atoms with Crippen molar-refractivity contribution in [2.75, 3.05) is 46.1 Å². The first kappa shape index (κ1) is 14.7. The molecule has 2 heterocycles. The van der Waals surface area contributed by atoms with Crippen molar-refractivity contribution in [3.8, 4) is 0 Å². The molecule has 6 nitrogen and oxygen atoms in total. The van der Waals surface area contributed by atoms with Gasteiger partial charge in [0.15, 0.2) is 5.69 Å². The minimum Gasteiger partial charge on any atom is -0.372 e. The van der Waals surface area contributed by atoms with Crippen LogP contribution in [-0.2, 0) is 0 Å². The number of likely N-dealkylation sites (tertiary alicyclic amines) is 1. The Balaban J connectivity index is 1.90. The van der Waals surface area contributed by atoms with Crippen molar-refractivity contribution < 1.29 is 4.79 Å². The maximum atomic E-state index is 12.3. The molecule has 0 aromatic carbocycles. The molecule has 0 aliphatic carbocycles. The van der Waals surface area contributed by atoms with Gasteiger partial charge in [0.25, 0.3) is 5.91 Å². The number of nitrogens with one attached hydrogen (secondary N) is 1. The standard InChI is InChI=1S/C14H23N5O/c1-15-13-5-4-12(16-17-13)14(20)19-8-6-11(7-9-19)10-18(2)3/h4-5,11H,6-10H2,1-3H3,(H,15,17). The zero-order chi connectivity index (χ0) is 14.5. The summed E-state index contributed by atoms with van der Waals surface area (Å²) in [7, 11) is 5.97. The number of carbonyl (C=O) groups excluding carboxylic acids is 1.